The molecule has 1 rings (SSSR count). The van der Waals surface area contributed by atoms with Crippen LogP contribution < -0.4 is 10.5 Å². The van der Waals surface area contributed by atoms with Crippen molar-refractivity contribution in [3.8, 4) is 5.75 Å². The predicted octanol–water partition coefficient (Wildman–Crippen LogP) is 1.70. The molecule has 0 aliphatic rings. The zero-order valence-corrected chi connectivity index (χ0v) is 9.56. The van der Waals surface area contributed by atoms with Crippen LogP contribution in [0.25, 0.3) is 0 Å². The van der Waals surface area contributed by atoms with E-state index in [4.69, 9.17) is 15.6 Å². The minimum absolute atomic E-state index is 0.417. The number of aliphatic carboxylic acids is 1. The summed E-state index contributed by atoms with van der Waals surface area (Å²) < 4.78 is 5.44. The normalized spacial score (nSPS) is 12.2. The van der Waals surface area contributed by atoms with E-state index in [-0.39, 0.29) is 0 Å². The number of benzene rings is 1. The highest BCUT2D eigenvalue weighted by Crippen LogP contribution is 2.21. The van der Waals surface area contributed by atoms with Gasteiger partial charge in [0, 0.05) is 6.54 Å². The van der Waals surface area contributed by atoms with Crippen LogP contribution in [0.3, 0.4) is 0 Å². The number of nitrogens with two attached hydrogens (primary N) is 1. The molecule has 3 N–H and O–H groups in total. The van der Waals surface area contributed by atoms with E-state index in [2.05, 4.69) is 0 Å². The Kier molecular flexibility index (Phi) is 4.31. The highest BCUT2D eigenvalue weighted by Gasteiger charge is 2.17. The first-order valence-corrected chi connectivity index (χ1v) is 5.27. The van der Waals surface area contributed by atoms with E-state index in [1.54, 1.807) is 13.0 Å². The van der Waals surface area contributed by atoms with E-state index in [1.165, 1.54) is 0 Å². The third-order valence-electron chi connectivity index (χ3n) is 2.40. The standard InChI is InChI=1S/C12H17NO3/c1-3-10(12(14)15)16-11-6-9(7-13)5-4-8(11)2/h4-6,10H,3,7,13H2,1-2H3,(H,14,15). The number of carboxylic acids is 1. The minimum Gasteiger partial charge on any atom is -0.479 e. The largest absolute Gasteiger partial charge is 0.479 e. The van der Waals surface area contributed by atoms with Gasteiger partial charge in [-0.1, -0.05) is 19.1 Å². The van der Waals surface area contributed by atoms with Crippen molar-refractivity contribution in [1.29, 1.82) is 0 Å². The molecule has 0 aromatic heterocycles. The summed E-state index contributed by atoms with van der Waals surface area (Å²) in [6.07, 6.45) is -0.367. The lowest BCUT2D eigenvalue weighted by atomic mass is 10.1. The van der Waals surface area contributed by atoms with Crippen LogP contribution in [0.15, 0.2) is 18.2 Å². The molecule has 0 bridgehead atoms. The third kappa shape index (κ3) is 2.97. The Hall–Kier alpha value is -1.55. The number of carbonyl (C=O) groups is 1. The lowest BCUT2D eigenvalue weighted by Crippen LogP contribution is -2.26. The smallest absolute Gasteiger partial charge is 0.344 e. The van der Waals surface area contributed by atoms with Crippen LogP contribution in [-0.2, 0) is 11.3 Å². The van der Waals surface area contributed by atoms with E-state index >= 15 is 0 Å². The Bertz CT molecular complexity index is 377. The van der Waals surface area contributed by atoms with Gasteiger partial charge in [0.15, 0.2) is 6.10 Å². The summed E-state index contributed by atoms with van der Waals surface area (Å²) in [6.45, 7) is 4.08. The quantitative estimate of drug-likeness (QED) is 0.796. The molecule has 0 aliphatic carbocycles. The Labute approximate surface area is 95.0 Å². The second-order valence-corrected chi connectivity index (χ2v) is 3.66. The van der Waals surface area contributed by atoms with Gasteiger partial charge < -0.3 is 15.6 Å². The van der Waals surface area contributed by atoms with Crippen molar-refractivity contribution < 1.29 is 14.6 Å². The highest BCUT2D eigenvalue weighted by molar-refractivity contribution is 5.72. The molecule has 0 aliphatic heterocycles. The van der Waals surface area contributed by atoms with Gasteiger partial charge in [0.1, 0.15) is 5.75 Å². The van der Waals surface area contributed by atoms with Gasteiger partial charge in [0.25, 0.3) is 0 Å². The third-order valence-corrected chi connectivity index (χ3v) is 2.40. The topological polar surface area (TPSA) is 72.5 Å². The van der Waals surface area contributed by atoms with Crippen molar-refractivity contribution in [3.63, 3.8) is 0 Å². The van der Waals surface area contributed by atoms with Gasteiger partial charge >= 0.3 is 5.97 Å². The fraction of sp³-hybridized carbons (Fsp3) is 0.417. The Balaban J connectivity index is 2.90. The average Bonchev–Trinajstić information content (AvgIpc) is 2.27. The first kappa shape index (κ1) is 12.5. The zero-order chi connectivity index (χ0) is 12.1. The Morgan fingerprint density at radius 3 is 2.75 bits per heavy atom. The maximum atomic E-state index is 10.9. The molecule has 88 valence electrons. The van der Waals surface area contributed by atoms with Crippen molar-refractivity contribution in [2.75, 3.05) is 0 Å². The van der Waals surface area contributed by atoms with Crippen LogP contribution in [0.1, 0.15) is 24.5 Å². The number of rotatable bonds is 5. The molecule has 0 fully saturated rings. The van der Waals surface area contributed by atoms with E-state index in [0.717, 1.165) is 11.1 Å². The molecule has 1 atom stereocenters. The fourth-order valence-electron chi connectivity index (χ4n) is 1.36. The lowest BCUT2D eigenvalue weighted by Gasteiger charge is -2.15. The Morgan fingerprint density at radius 1 is 1.56 bits per heavy atom. The molecule has 4 nitrogen and oxygen atoms in total. The van der Waals surface area contributed by atoms with Gasteiger partial charge in [-0.25, -0.2) is 4.79 Å². The van der Waals surface area contributed by atoms with E-state index in [0.29, 0.717) is 18.7 Å². The van der Waals surface area contributed by atoms with Crippen LogP contribution in [0, 0.1) is 6.92 Å². The molecule has 0 saturated carbocycles. The van der Waals surface area contributed by atoms with Gasteiger partial charge in [-0.3, -0.25) is 0 Å². The maximum Gasteiger partial charge on any atom is 0.344 e. The minimum atomic E-state index is -0.944. The van der Waals surface area contributed by atoms with Crippen LogP contribution in [0.5, 0.6) is 5.75 Å². The number of hydrogen-bond acceptors (Lipinski definition) is 3. The lowest BCUT2D eigenvalue weighted by molar-refractivity contribution is -0.145. The molecule has 1 unspecified atom stereocenters. The first-order valence-electron chi connectivity index (χ1n) is 5.27. The Morgan fingerprint density at radius 2 is 2.25 bits per heavy atom. The molecule has 4 heteroatoms. The number of carboxylic acid groups (broad SMARTS) is 1. The van der Waals surface area contributed by atoms with Crippen LogP contribution in [0.2, 0.25) is 0 Å². The van der Waals surface area contributed by atoms with Gasteiger partial charge in [0.2, 0.25) is 0 Å². The van der Waals surface area contributed by atoms with E-state index in [9.17, 15) is 4.79 Å². The summed E-state index contributed by atoms with van der Waals surface area (Å²) in [5, 5.41) is 8.90. The maximum absolute atomic E-state index is 10.9. The molecule has 0 saturated heterocycles. The second kappa shape index (κ2) is 5.51. The summed E-state index contributed by atoms with van der Waals surface area (Å²) in [5.74, 6) is -0.350. The molecular formula is C12H17NO3. The number of hydrogen-bond donors (Lipinski definition) is 2. The molecule has 0 spiro atoms. The zero-order valence-electron chi connectivity index (χ0n) is 9.56. The second-order valence-electron chi connectivity index (χ2n) is 3.66. The van der Waals surface area contributed by atoms with Gasteiger partial charge in [-0.15, -0.1) is 0 Å². The van der Waals surface area contributed by atoms with Crippen molar-refractivity contribution >= 4 is 5.97 Å². The summed E-state index contributed by atoms with van der Waals surface area (Å²) in [7, 11) is 0. The SMILES string of the molecule is CCC(Oc1cc(CN)ccc1C)C(=O)O. The molecule has 0 amide bonds. The molecule has 0 radical (unpaired) electrons. The summed E-state index contributed by atoms with van der Waals surface area (Å²) in [5.41, 5.74) is 7.37. The van der Waals surface area contributed by atoms with Gasteiger partial charge in [-0.05, 0) is 30.5 Å². The van der Waals surface area contributed by atoms with Crippen molar-refractivity contribution in [3.05, 3.63) is 29.3 Å². The van der Waals surface area contributed by atoms with Crippen LogP contribution >= 0.6 is 0 Å². The number of aryl methyl sites for hydroxylation is 1. The monoisotopic (exact) mass is 223 g/mol. The summed E-state index contributed by atoms with van der Waals surface area (Å²) in [4.78, 5) is 10.9. The van der Waals surface area contributed by atoms with Gasteiger partial charge in [-0.2, -0.15) is 0 Å². The summed E-state index contributed by atoms with van der Waals surface area (Å²) in [6, 6.07) is 5.58. The van der Waals surface area contributed by atoms with E-state index < -0.39 is 12.1 Å². The highest BCUT2D eigenvalue weighted by atomic mass is 16.5. The fourth-order valence-corrected chi connectivity index (χ4v) is 1.36. The van der Waals surface area contributed by atoms with Gasteiger partial charge in [0.05, 0.1) is 0 Å². The van der Waals surface area contributed by atoms with Crippen molar-refractivity contribution in [1.82, 2.24) is 0 Å². The van der Waals surface area contributed by atoms with Crippen molar-refractivity contribution in [2.45, 2.75) is 32.9 Å². The van der Waals surface area contributed by atoms with E-state index in [1.807, 2.05) is 19.1 Å². The predicted molar refractivity (Wildman–Crippen MR) is 61.4 cm³/mol. The molecule has 1 aromatic rings. The summed E-state index contributed by atoms with van der Waals surface area (Å²) >= 11 is 0. The first-order chi connectivity index (χ1) is 7.58. The molecule has 1 aromatic carbocycles. The van der Waals surface area contributed by atoms with Crippen molar-refractivity contribution in [2.24, 2.45) is 5.73 Å². The van der Waals surface area contributed by atoms with Crippen LogP contribution in [-0.4, -0.2) is 17.2 Å². The molecular weight excluding hydrogens is 206 g/mol. The van der Waals surface area contributed by atoms with Crippen LogP contribution in [0.4, 0.5) is 0 Å². The average molecular weight is 223 g/mol. The number of ether oxygens (including phenoxy) is 1. The molecule has 16 heavy (non-hydrogen) atoms. The molecule has 0 heterocycles.